The normalized spacial score (nSPS) is 11.7. The van der Waals surface area contributed by atoms with Crippen LogP contribution in [0.3, 0.4) is 0 Å². The first-order valence-corrected chi connectivity index (χ1v) is 6.32. The average Bonchev–Trinajstić information content (AvgIpc) is 2.37. The van der Waals surface area contributed by atoms with Crippen molar-refractivity contribution in [2.45, 2.75) is 33.2 Å². The third-order valence-corrected chi connectivity index (χ3v) is 3.71. The van der Waals surface area contributed by atoms with Gasteiger partial charge in [0.15, 0.2) is 0 Å². The number of hydrogen-bond acceptors (Lipinski definition) is 3. The monoisotopic (exact) mass is 236 g/mol. The smallest absolute Gasteiger partial charge is 0.0499 e. The third kappa shape index (κ3) is 3.72. The lowest BCUT2D eigenvalue weighted by molar-refractivity contribution is 0.113. The first-order chi connectivity index (χ1) is 8.17. The van der Waals surface area contributed by atoms with Gasteiger partial charge in [-0.15, -0.1) is 0 Å². The molecule has 1 aromatic rings. The van der Waals surface area contributed by atoms with Crippen LogP contribution in [0.1, 0.15) is 32.3 Å². The van der Waals surface area contributed by atoms with Gasteiger partial charge in [0.05, 0.1) is 0 Å². The molecule has 3 heteroatoms. The third-order valence-electron chi connectivity index (χ3n) is 3.71. The molecule has 0 radical (unpaired) electrons. The highest BCUT2D eigenvalue weighted by Crippen LogP contribution is 2.24. The van der Waals surface area contributed by atoms with E-state index in [2.05, 4.69) is 19.2 Å². The topological polar surface area (TPSA) is 58.3 Å². The highest BCUT2D eigenvalue weighted by molar-refractivity contribution is 5.46. The molecule has 4 N–H and O–H groups in total. The van der Waals surface area contributed by atoms with Crippen LogP contribution in [0.15, 0.2) is 24.3 Å². The highest BCUT2D eigenvalue weighted by atomic mass is 16.3. The number of aliphatic hydroxyl groups excluding tert-OH is 1. The lowest BCUT2D eigenvalue weighted by Crippen LogP contribution is -2.36. The zero-order valence-corrected chi connectivity index (χ0v) is 10.9. The summed E-state index contributed by atoms with van der Waals surface area (Å²) >= 11 is 0. The Labute approximate surface area is 104 Å². The predicted molar refractivity (Wildman–Crippen MR) is 72.7 cm³/mol. The van der Waals surface area contributed by atoms with Crippen LogP contribution in [0.5, 0.6) is 0 Å². The van der Waals surface area contributed by atoms with Crippen molar-refractivity contribution in [1.29, 1.82) is 0 Å². The van der Waals surface area contributed by atoms with E-state index in [1.54, 1.807) is 0 Å². The second kappa shape index (κ2) is 6.62. The van der Waals surface area contributed by atoms with Crippen LogP contribution in [0, 0.1) is 5.41 Å². The minimum absolute atomic E-state index is 0.00351. The Hall–Kier alpha value is -1.06. The fraction of sp³-hybridized carbons (Fsp3) is 0.571. The van der Waals surface area contributed by atoms with Crippen molar-refractivity contribution in [2.24, 2.45) is 5.41 Å². The Balaban J connectivity index is 2.49. The number of aliphatic hydroxyl groups is 1. The van der Waals surface area contributed by atoms with Crippen LogP contribution in [0.25, 0.3) is 0 Å². The molecule has 0 fully saturated rings. The van der Waals surface area contributed by atoms with Crippen LogP contribution < -0.4 is 11.1 Å². The molecule has 0 saturated carbocycles. The van der Waals surface area contributed by atoms with Gasteiger partial charge in [-0.1, -0.05) is 32.0 Å². The second-order valence-corrected chi connectivity index (χ2v) is 4.67. The van der Waals surface area contributed by atoms with Gasteiger partial charge < -0.3 is 16.2 Å². The van der Waals surface area contributed by atoms with E-state index in [4.69, 9.17) is 5.73 Å². The van der Waals surface area contributed by atoms with Crippen molar-refractivity contribution in [3.05, 3.63) is 29.8 Å². The zero-order valence-electron chi connectivity index (χ0n) is 10.9. The van der Waals surface area contributed by atoms with Gasteiger partial charge in [0.25, 0.3) is 0 Å². The number of nitrogen functional groups attached to an aromatic ring is 1. The lowest BCUT2D eigenvalue weighted by Gasteiger charge is -2.29. The number of nitrogens with two attached hydrogens (primary N) is 1. The minimum atomic E-state index is 0.00351. The molecule has 0 aromatic heterocycles. The van der Waals surface area contributed by atoms with Crippen molar-refractivity contribution >= 4 is 5.69 Å². The van der Waals surface area contributed by atoms with E-state index in [1.165, 1.54) is 0 Å². The largest absolute Gasteiger partial charge is 0.398 e. The Morgan fingerprint density at radius 3 is 2.41 bits per heavy atom. The average molecular weight is 236 g/mol. The molecule has 0 bridgehead atoms. The van der Waals surface area contributed by atoms with E-state index in [1.807, 2.05) is 24.3 Å². The molecule has 0 unspecified atom stereocenters. The van der Waals surface area contributed by atoms with E-state index in [0.29, 0.717) is 0 Å². The quantitative estimate of drug-likeness (QED) is 0.636. The Morgan fingerprint density at radius 2 is 1.88 bits per heavy atom. The number of para-hydroxylation sites is 1. The molecule has 0 amide bonds. The van der Waals surface area contributed by atoms with E-state index in [9.17, 15) is 5.11 Å². The summed E-state index contributed by atoms with van der Waals surface area (Å²) in [6.45, 7) is 6.06. The standard InChI is InChI=1S/C14H24N2O/c1-3-14(4-2,11-17)10-16-9-12-7-5-6-8-13(12)15/h5-8,16-17H,3-4,9-11,15H2,1-2H3. The molecule has 0 aliphatic carbocycles. The fourth-order valence-corrected chi connectivity index (χ4v) is 1.94. The van der Waals surface area contributed by atoms with Gasteiger partial charge in [-0.3, -0.25) is 0 Å². The van der Waals surface area contributed by atoms with E-state index in [0.717, 1.165) is 37.2 Å². The van der Waals surface area contributed by atoms with Gasteiger partial charge in [0.2, 0.25) is 0 Å². The summed E-state index contributed by atoms with van der Waals surface area (Å²) < 4.78 is 0. The molecule has 17 heavy (non-hydrogen) atoms. The highest BCUT2D eigenvalue weighted by Gasteiger charge is 2.24. The van der Waals surface area contributed by atoms with Gasteiger partial charge in [-0.25, -0.2) is 0 Å². The van der Waals surface area contributed by atoms with Gasteiger partial charge in [0.1, 0.15) is 0 Å². The Bertz CT molecular complexity index is 326. The molecular formula is C14H24N2O. The molecule has 3 nitrogen and oxygen atoms in total. The molecule has 0 spiro atoms. The summed E-state index contributed by atoms with van der Waals surface area (Å²) in [6, 6.07) is 7.87. The summed E-state index contributed by atoms with van der Waals surface area (Å²) in [5, 5.41) is 12.9. The number of hydrogen-bond donors (Lipinski definition) is 3. The number of benzene rings is 1. The zero-order chi connectivity index (χ0) is 12.7. The minimum Gasteiger partial charge on any atom is -0.398 e. The van der Waals surface area contributed by atoms with Crippen LogP contribution in [0.4, 0.5) is 5.69 Å². The maximum Gasteiger partial charge on any atom is 0.0499 e. The predicted octanol–water partition coefficient (Wildman–Crippen LogP) is 2.16. The maximum atomic E-state index is 9.46. The lowest BCUT2D eigenvalue weighted by atomic mass is 9.83. The molecule has 96 valence electrons. The first-order valence-electron chi connectivity index (χ1n) is 6.32. The second-order valence-electron chi connectivity index (χ2n) is 4.67. The van der Waals surface area contributed by atoms with E-state index < -0.39 is 0 Å². The number of nitrogens with one attached hydrogen (secondary N) is 1. The summed E-state index contributed by atoms with van der Waals surface area (Å²) in [7, 11) is 0. The molecule has 0 aliphatic rings. The molecule has 0 atom stereocenters. The molecule has 1 aromatic carbocycles. The van der Waals surface area contributed by atoms with Crippen LogP contribution in [0.2, 0.25) is 0 Å². The van der Waals surface area contributed by atoms with Crippen molar-refractivity contribution in [2.75, 3.05) is 18.9 Å². The molecule has 0 heterocycles. The van der Waals surface area contributed by atoms with Gasteiger partial charge in [0, 0.05) is 30.8 Å². The van der Waals surface area contributed by atoms with Gasteiger partial charge in [-0.05, 0) is 24.5 Å². The molecule has 0 aliphatic heterocycles. The Kier molecular flexibility index (Phi) is 5.45. The number of anilines is 1. The number of rotatable bonds is 7. The van der Waals surface area contributed by atoms with Crippen molar-refractivity contribution in [1.82, 2.24) is 5.32 Å². The van der Waals surface area contributed by atoms with Crippen molar-refractivity contribution < 1.29 is 5.11 Å². The molecule has 1 rings (SSSR count). The maximum absolute atomic E-state index is 9.46. The SMILES string of the molecule is CCC(CC)(CO)CNCc1ccccc1N. The summed E-state index contributed by atoms with van der Waals surface area (Å²) in [5.41, 5.74) is 7.82. The molecule has 0 saturated heterocycles. The summed E-state index contributed by atoms with van der Waals surface area (Å²) in [4.78, 5) is 0. The first kappa shape index (κ1) is 14.0. The van der Waals surface area contributed by atoms with Gasteiger partial charge >= 0.3 is 0 Å². The van der Waals surface area contributed by atoms with Crippen molar-refractivity contribution in [3.8, 4) is 0 Å². The van der Waals surface area contributed by atoms with E-state index >= 15 is 0 Å². The summed E-state index contributed by atoms with van der Waals surface area (Å²) in [5.74, 6) is 0. The Morgan fingerprint density at radius 1 is 1.24 bits per heavy atom. The van der Waals surface area contributed by atoms with Crippen LogP contribution in [-0.2, 0) is 6.54 Å². The molecular weight excluding hydrogens is 212 g/mol. The van der Waals surface area contributed by atoms with E-state index in [-0.39, 0.29) is 12.0 Å². The fourth-order valence-electron chi connectivity index (χ4n) is 1.94. The van der Waals surface area contributed by atoms with Crippen molar-refractivity contribution in [3.63, 3.8) is 0 Å². The van der Waals surface area contributed by atoms with Crippen LogP contribution >= 0.6 is 0 Å². The van der Waals surface area contributed by atoms with Gasteiger partial charge in [-0.2, -0.15) is 0 Å². The summed E-state index contributed by atoms with van der Waals surface area (Å²) in [6.07, 6.45) is 1.97. The van der Waals surface area contributed by atoms with Crippen LogP contribution in [-0.4, -0.2) is 18.3 Å².